The van der Waals surface area contributed by atoms with E-state index < -0.39 is 11.6 Å². The number of anilines is 1. The number of halogens is 3. The first-order valence-electron chi connectivity index (χ1n) is 7.99. The minimum absolute atomic E-state index is 0.167. The highest BCUT2D eigenvalue weighted by Gasteiger charge is 2.19. The zero-order valence-corrected chi connectivity index (χ0v) is 14.3. The second-order valence-corrected chi connectivity index (χ2v) is 6.33. The molecule has 1 saturated heterocycles. The molecular weight excluding hydrogens is 347 g/mol. The van der Waals surface area contributed by atoms with Gasteiger partial charge >= 0.3 is 0 Å². The number of hydrogen-bond donors (Lipinski definition) is 1. The highest BCUT2D eigenvalue weighted by molar-refractivity contribution is 7.80. The van der Waals surface area contributed by atoms with Crippen LogP contribution in [0.1, 0.15) is 5.56 Å². The van der Waals surface area contributed by atoms with E-state index in [1.165, 1.54) is 24.3 Å². The Morgan fingerprint density at radius 3 is 2.20 bits per heavy atom. The Bertz CT molecular complexity index is 744. The van der Waals surface area contributed by atoms with Gasteiger partial charge in [0.05, 0.1) is 5.69 Å². The predicted octanol–water partition coefficient (Wildman–Crippen LogP) is 3.62. The summed E-state index contributed by atoms with van der Waals surface area (Å²) in [6.07, 6.45) is 0. The molecule has 1 heterocycles. The quantitative estimate of drug-likeness (QED) is 0.837. The summed E-state index contributed by atoms with van der Waals surface area (Å²) in [6, 6.07) is 9.84. The molecule has 2 aromatic carbocycles. The maximum atomic E-state index is 13.7. The molecule has 1 fully saturated rings. The molecule has 25 heavy (non-hydrogen) atoms. The molecule has 0 atom stereocenters. The number of piperazine rings is 1. The van der Waals surface area contributed by atoms with Crippen LogP contribution in [0.2, 0.25) is 0 Å². The first-order chi connectivity index (χ1) is 12.0. The van der Waals surface area contributed by atoms with Crippen LogP contribution < -0.4 is 5.32 Å². The molecule has 7 heteroatoms. The van der Waals surface area contributed by atoms with Crippen LogP contribution in [0.15, 0.2) is 42.5 Å². The van der Waals surface area contributed by atoms with E-state index >= 15 is 0 Å². The fourth-order valence-electron chi connectivity index (χ4n) is 2.74. The molecule has 132 valence electrons. The number of thiocarbonyl (C=S) groups is 1. The largest absolute Gasteiger partial charge is 0.346 e. The standard InChI is InChI=1S/C18H18F3N3S/c19-14-3-1-13(2-4-14)12-23-7-9-24(10-8-23)18(25)22-17-6-5-15(20)11-16(17)21/h1-6,11H,7-10,12H2,(H,22,25). The molecule has 1 aliphatic heterocycles. The van der Waals surface area contributed by atoms with Gasteiger partial charge in [-0.3, -0.25) is 4.90 Å². The normalized spacial score (nSPS) is 15.2. The molecule has 0 saturated carbocycles. The van der Waals surface area contributed by atoms with Crippen LogP contribution in [0, 0.1) is 17.5 Å². The second-order valence-electron chi connectivity index (χ2n) is 5.94. The summed E-state index contributed by atoms with van der Waals surface area (Å²) in [6.45, 7) is 3.75. The summed E-state index contributed by atoms with van der Waals surface area (Å²) >= 11 is 5.33. The van der Waals surface area contributed by atoms with Crippen molar-refractivity contribution < 1.29 is 13.2 Å². The van der Waals surface area contributed by atoms with Gasteiger partial charge in [0.15, 0.2) is 5.11 Å². The maximum Gasteiger partial charge on any atom is 0.173 e. The van der Waals surface area contributed by atoms with E-state index in [4.69, 9.17) is 12.2 Å². The molecule has 1 aliphatic rings. The van der Waals surface area contributed by atoms with Crippen molar-refractivity contribution in [3.8, 4) is 0 Å². The van der Waals surface area contributed by atoms with E-state index in [0.717, 1.165) is 31.3 Å². The Labute approximate surface area is 150 Å². The average molecular weight is 365 g/mol. The molecule has 0 amide bonds. The van der Waals surface area contributed by atoms with Crippen LogP contribution in [0.5, 0.6) is 0 Å². The molecule has 3 rings (SSSR count). The Morgan fingerprint density at radius 1 is 0.920 bits per heavy atom. The molecule has 0 unspecified atom stereocenters. The van der Waals surface area contributed by atoms with Crippen LogP contribution >= 0.6 is 12.2 Å². The number of hydrogen-bond acceptors (Lipinski definition) is 2. The Morgan fingerprint density at radius 2 is 1.56 bits per heavy atom. The first-order valence-corrected chi connectivity index (χ1v) is 8.40. The summed E-state index contributed by atoms with van der Waals surface area (Å²) in [5.41, 5.74) is 1.23. The van der Waals surface area contributed by atoms with Gasteiger partial charge in [-0.15, -0.1) is 0 Å². The van der Waals surface area contributed by atoms with Gasteiger partial charge in [-0.2, -0.15) is 0 Å². The summed E-state index contributed by atoms with van der Waals surface area (Å²) in [7, 11) is 0. The summed E-state index contributed by atoms with van der Waals surface area (Å²) in [4.78, 5) is 4.21. The van der Waals surface area contributed by atoms with E-state index in [1.807, 2.05) is 4.90 Å². The summed E-state index contributed by atoms with van der Waals surface area (Å²) in [5, 5.41) is 3.26. The van der Waals surface area contributed by atoms with Crippen molar-refractivity contribution in [1.29, 1.82) is 0 Å². The van der Waals surface area contributed by atoms with E-state index in [-0.39, 0.29) is 11.5 Å². The number of rotatable bonds is 3. The van der Waals surface area contributed by atoms with Crippen LogP contribution in [0.25, 0.3) is 0 Å². The topological polar surface area (TPSA) is 18.5 Å². The fraction of sp³-hybridized carbons (Fsp3) is 0.278. The highest BCUT2D eigenvalue weighted by atomic mass is 32.1. The van der Waals surface area contributed by atoms with E-state index in [2.05, 4.69) is 10.2 Å². The van der Waals surface area contributed by atoms with Crippen molar-refractivity contribution in [2.45, 2.75) is 6.54 Å². The molecular formula is C18H18F3N3S. The van der Waals surface area contributed by atoms with Crippen molar-refractivity contribution in [2.24, 2.45) is 0 Å². The lowest BCUT2D eigenvalue weighted by Crippen LogP contribution is -2.49. The Hall–Kier alpha value is -2.12. The summed E-state index contributed by atoms with van der Waals surface area (Å²) < 4.78 is 39.6. The van der Waals surface area contributed by atoms with Crippen molar-refractivity contribution in [2.75, 3.05) is 31.5 Å². The first kappa shape index (κ1) is 17.7. The molecule has 1 N–H and O–H groups in total. The monoisotopic (exact) mass is 365 g/mol. The van der Waals surface area contributed by atoms with Crippen molar-refractivity contribution in [1.82, 2.24) is 9.80 Å². The van der Waals surface area contributed by atoms with Crippen LogP contribution in [-0.2, 0) is 6.54 Å². The van der Waals surface area contributed by atoms with Crippen LogP contribution in [0.3, 0.4) is 0 Å². The van der Waals surface area contributed by atoms with Gasteiger partial charge in [-0.05, 0) is 42.0 Å². The van der Waals surface area contributed by atoms with E-state index in [9.17, 15) is 13.2 Å². The van der Waals surface area contributed by atoms with Gasteiger partial charge in [0.25, 0.3) is 0 Å². The molecule has 0 radical (unpaired) electrons. The minimum atomic E-state index is -0.669. The SMILES string of the molecule is Fc1ccc(CN2CCN(C(=S)Nc3ccc(F)cc3F)CC2)cc1. The van der Waals surface area contributed by atoms with Gasteiger partial charge < -0.3 is 10.2 Å². The Balaban J connectivity index is 1.51. The van der Waals surface area contributed by atoms with E-state index in [0.29, 0.717) is 18.2 Å². The molecule has 3 nitrogen and oxygen atoms in total. The third-order valence-corrected chi connectivity index (χ3v) is 4.51. The van der Waals surface area contributed by atoms with E-state index in [1.54, 1.807) is 12.1 Å². The third kappa shape index (κ3) is 4.70. The molecule has 0 aliphatic carbocycles. The lowest BCUT2D eigenvalue weighted by Gasteiger charge is -2.36. The van der Waals surface area contributed by atoms with Crippen LogP contribution in [0.4, 0.5) is 18.9 Å². The zero-order valence-electron chi connectivity index (χ0n) is 13.5. The lowest BCUT2D eigenvalue weighted by molar-refractivity contribution is 0.177. The van der Waals surface area contributed by atoms with Gasteiger partial charge in [0.2, 0.25) is 0 Å². The second kappa shape index (κ2) is 7.84. The molecule has 0 aromatic heterocycles. The number of nitrogens with one attached hydrogen (secondary N) is 1. The fourth-order valence-corrected chi connectivity index (χ4v) is 3.03. The van der Waals surface area contributed by atoms with Gasteiger partial charge in [0.1, 0.15) is 17.5 Å². The average Bonchev–Trinajstić information content (AvgIpc) is 2.60. The molecule has 0 bridgehead atoms. The highest BCUT2D eigenvalue weighted by Crippen LogP contribution is 2.16. The molecule has 0 spiro atoms. The number of nitrogens with zero attached hydrogens (tertiary/aromatic N) is 2. The molecule has 2 aromatic rings. The van der Waals surface area contributed by atoms with Gasteiger partial charge in [-0.25, -0.2) is 13.2 Å². The predicted molar refractivity (Wildman–Crippen MR) is 95.8 cm³/mol. The maximum absolute atomic E-state index is 13.7. The smallest absolute Gasteiger partial charge is 0.173 e. The Kier molecular flexibility index (Phi) is 5.55. The van der Waals surface area contributed by atoms with Crippen molar-refractivity contribution >= 4 is 23.0 Å². The minimum Gasteiger partial charge on any atom is -0.346 e. The van der Waals surface area contributed by atoms with Crippen LogP contribution in [-0.4, -0.2) is 41.1 Å². The van der Waals surface area contributed by atoms with Crippen molar-refractivity contribution in [3.63, 3.8) is 0 Å². The third-order valence-electron chi connectivity index (χ3n) is 4.15. The summed E-state index contributed by atoms with van der Waals surface area (Å²) in [5.74, 6) is -1.53. The van der Waals surface area contributed by atoms with Gasteiger partial charge in [0, 0.05) is 38.8 Å². The number of benzene rings is 2. The zero-order chi connectivity index (χ0) is 17.8. The van der Waals surface area contributed by atoms with Crippen molar-refractivity contribution in [3.05, 3.63) is 65.5 Å². The van der Waals surface area contributed by atoms with Gasteiger partial charge in [-0.1, -0.05) is 12.1 Å². The lowest BCUT2D eigenvalue weighted by atomic mass is 10.2.